The van der Waals surface area contributed by atoms with Crippen LogP contribution in [0.4, 0.5) is 0 Å². The maximum Gasteiger partial charge on any atom is 0.306 e. The van der Waals surface area contributed by atoms with Crippen molar-refractivity contribution < 1.29 is 23.9 Å². The van der Waals surface area contributed by atoms with Crippen LogP contribution in [0.15, 0.2) is 0 Å². The quantitative estimate of drug-likeness (QED) is 0.0656. The molecule has 2 aliphatic carbocycles. The van der Waals surface area contributed by atoms with Gasteiger partial charge in [-0.15, -0.1) is 0 Å². The van der Waals surface area contributed by atoms with Crippen LogP contribution in [0.25, 0.3) is 0 Å². The number of ketones is 1. The second kappa shape index (κ2) is 24.9. The number of hydrogen-bond acceptors (Lipinski definition) is 5. The zero-order valence-corrected chi connectivity index (χ0v) is 28.4. The second-order valence-corrected chi connectivity index (χ2v) is 14.0. The molecule has 0 aromatic heterocycles. The van der Waals surface area contributed by atoms with Crippen LogP contribution in [-0.2, 0) is 23.9 Å². The molecule has 3 atom stereocenters. The molecule has 0 amide bonds. The Morgan fingerprint density at radius 2 is 1.16 bits per heavy atom. The first-order chi connectivity index (χ1) is 21.0. The van der Waals surface area contributed by atoms with Crippen molar-refractivity contribution in [3.63, 3.8) is 0 Å². The van der Waals surface area contributed by atoms with E-state index >= 15 is 0 Å². The Hall–Kier alpha value is -1.39. The highest BCUT2D eigenvalue weighted by molar-refractivity contribution is 5.78. The summed E-state index contributed by atoms with van der Waals surface area (Å²) in [5, 5.41) is 0. The first kappa shape index (κ1) is 37.8. The van der Waals surface area contributed by atoms with Crippen molar-refractivity contribution in [2.75, 3.05) is 6.61 Å². The number of Topliss-reactive ketones (excluding diaryl/α,β-unsaturated/α-hetero) is 1. The molecule has 2 bridgehead atoms. The summed E-state index contributed by atoms with van der Waals surface area (Å²) in [4.78, 5) is 36.6. The van der Waals surface area contributed by atoms with Gasteiger partial charge in [0.1, 0.15) is 11.9 Å². The fourth-order valence-corrected chi connectivity index (χ4v) is 7.36. The molecular weight excluding hydrogens is 536 g/mol. The average Bonchev–Trinajstić information content (AvgIpc) is 3.26. The second-order valence-electron chi connectivity index (χ2n) is 14.0. The molecule has 0 N–H and O–H groups in total. The Morgan fingerprint density at radius 1 is 0.605 bits per heavy atom. The van der Waals surface area contributed by atoms with Gasteiger partial charge in [0.15, 0.2) is 0 Å². The number of rotatable bonds is 28. The van der Waals surface area contributed by atoms with Gasteiger partial charge in [0, 0.05) is 25.7 Å². The molecule has 0 aromatic carbocycles. The van der Waals surface area contributed by atoms with Crippen LogP contribution in [0.5, 0.6) is 0 Å². The zero-order valence-electron chi connectivity index (χ0n) is 28.4. The fourth-order valence-electron chi connectivity index (χ4n) is 7.36. The zero-order chi connectivity index (χ0) is 31.0. The van der Waals surface area contributed by atoms with E-state index in [2.05, 4.69) is 13.8 Å². The summed E-state index contributed by atoms with van der Waals surface area (Å²) in [6.07, 6.45) is 30.3. The normalized spacial score (nSPS) is 19.6. The maximum atomic E-state index is 12.2. The molecule has 2 aliphatic rings. The predicted octanol–water partition coefficient (Wildman–Crippen LogP) is 10.8. The number of hydrogen-bond donors (Lipinski definition) is 0. The molecule has 0 radical (unpaired) electrons. The molecule has 5 heteroatoms. The summed E-state index contributed by atoms with van der Waals surface area (Å²) in [5.74, 6) is 2.48. The van der Waals surface area contributed by atoms with Gasteiger partial charge in [-0.25, -0.2) is 0 Å². The maximum absolute atomic E-state index is 12.2. The third-order valence-corrected chi connectivity index (χ3v) is 10.1. The Kier molecular flexibility index (Phi) is 21.9. The first-order valence-corrected chi connectivity index (χ1v) is 18.9. The van der Waals surface area contributed by atoms with Crippen molar-refractivity contribution in [2.45, 2.75) is 200 Å². The molecule has 2 rings (SSSR count). The molecule has 0 aromatic rings. The van der Waals surface area contributed by atoms with Gasteiger partial charge in [0.05, 0.1) is 6.61 Å². The lowest BCUT2D eigenvalue weighted by atomic mass is 9.89. The molecule has 5 nitrogen and oxygen atoms in total. The molecule has 0 saturated heterocycles. The highest BCUT2D eigenvalue weighted by atomic mass is 16.5. The number of carbonyl (C=O) groups excluding carboxylic acids is 3. The van der Waals surface area contributed by atoms with Crippen molar-refractivity contribution in [1.82, 2.24) is 0 Å². The largest absolute Gasteiger partial charge is 0.466 e. The molecule has 0 heterocycles. The van der Waals surface area contributed by atoms with Crippen molar-refractivity contribution >= 4 is 17.7 Å². The van der Waals surface area contributed by atoms with E-state index in [-0.39, 0.29) is 18.0 Å². The Bertz CT molecular complexity index is 724. The summed E-state index contributed by atoms with van der Waals surface area (Å²) in [5.41, 5.74) is 0. The summed E-state index contributed by atoms with van der Waals surface area (Å²) in [6, 6.07) is 0. The van der Waals surface area contributed by atoms with Gasteiger partial charge in [0.2, 0.25) is 0 Å². The summed E-state index contributed by atoms with van der Waals surface area (Å²) < 4.78 is 11.4. The highest BCUT2D eigenvalue weighted by Gasteiger charge is 2.39. The minimum absolute atomic E-state index is 0.00217. The van der Waals surface area contributed by atoms with Crippen LogP contribution in [0.1, 0.15) is 194 Å². The third kappa shape index (κ3) is 18.9. The third-order valence-electron chi connectivity index (χ3n) is 10.1. The van der Waals surface area contributed by atoms with E-state index < -0.39 is 0 Å². The summed E-state index contributed by atoms with van der Waals surface area (Å²) in [6.45, 7) is 5.09. The Labute approximate surface area is 265 Å². The minimum atomic E-state index is -0.0398. The van der Waals surface area contributed by atoms with Crippen molar-refractivity contribution in [2.24, 2.45) is 17.8 Å². The van der Waals surface area contributed by atoms with Gasteiger partial charge in [-0.2, -0.15) is 0 Å². The Morgan fingerprint density at radius 3 is 1.74 bits per heavy atom. The van der Waals surface area contributed by atoms with Crippen molar-refractivity contribution in [1.29, 1.82) is 0 Å². The van der Waals surface area contributed by atoms with Gasteiger partial charge in [0.25, 0.3) is 0 Å². The van der Waals surface area contributed by atoms with Crippen molar-refractivity contribution in [3.8, 4) is 0 Å². The summed E-state index contributed by atoms with van der Waals surface area (Å²) in [7, 11) is 0. The van der Waals surface area contributed by atoms with E-state index in [0.717, 1.165) is 83.0 Å². The predicted molar refractivity (Wildman–Crippen MR) is 177 cm³/mol. The van der Waals surface area contributed by atoms with E-state index in [0.29, 0.717) is 49.9 Å². The van der Waals surface area contributed by atoms with Gasteiger partial charge < -0.3 is 9.47 Å². The van der Waals surface area contributed by atoms with Crippen LogP contribution in [0.3, 0.4) is 0 Å². The van der Waals surface area contributed by atoms with E-state index in [9.17, 15) is 14.4 Å². The van der Waals surface area contributed by atoms with Gasteiger partial charge in [-0.1, -0.05) is 117 Å². The molecule has 2 saturated carbocycles. The van der Waals surface area contributed by atoms with Crippen molar-refractivity contribution in [3.05, 3.63) is 0 Å². The van der Waals surface area contributed by atoms with Gasteiger partial charge in [-0.05, 0) is 69.1 Å². The van der Waals surface area contributed by atoms with E-state index in [4.69, 9.17) is 9.47 Å². The van der Waals surface area contributed by atoms with Gasteiger partial charge >= 0.3 is 11.9 Å². The smallest absolute Gasteiger partial charge is 0.306 e. The lowest BCUT2D eigenvalue weighted by Crippen LogP contribution is -2.21. The molecule has 0 spiro atoms. The van der Waals surface area contributed by atoms with Crippen LogP contribution in [0.2, 0.25) is 0 Å². The topological polar surface area (TPSA) is 69.7 Å². The lowest BCUT2D eigenvalue weighted by molar-refractivity contribution is -0.151. The van der Waals surface area contributed by atoms with Crippen LogP contribution in [0, 0.1) is 17.8 Å². The number of unbranched alkanes of at least 4 members (excludes halogenated alkanes) is 12. The van der Waals surface area contributed by atoms with Gasteiger partial charge in [-0.3, -0.25) is 14.4 Å². The number of fused-ring (bicyclic) bond motifs is 2. The first-order valence-electron chi connectivity index (χ1n) is 18.9. The average molecular weight is 605 g/mol. The SMILES string of the molecule is CCCCCC(CCCCC)CCOC(=O)CCCCCCCC(=O)CCCCCCCC(=O)OC1C[C@@H]2CCC[C@H]1C2. The molecular formula is C38H68O5. The monoisotopic (exact) mass is 605 g/mol. The fraction of sp³-hybridized carbons (Fsp3) is 0.921. The number of esters is 2. The Balaban J connectivity index is 1.34. The highest BCUT2D eigenvalue weighted by Crippen LogP contribution is 2.43. The lowest BCUT2D eigenvalue weighted by Gasteiger charge is -2.21. The molecule has 0 aliphatic heterocycles. The molecule has 250 valence electrons. The van der Waals surface area contributed by atoms with Crippen LogP contribution < -0.4 is 0 Å². The van der Waals surface area contributed by atoms with E-state index in [1.165, 1.54) is 77.0 Å². The minimum Gasteiger partial charge on any atom is -0.466 e. The summed E-state index contributed by atoms with van der Waals surface area (Å²) >= 11 is 0. The molecule has 2 fully saturated rings. The van der Waals surface area contributed by atoms with Crippen LogP contribution in [-0.4, -0.2) is 30.4 Å². The number of ether oxygens (including phenoxy) is 2. The molecule has 1 unspecified atom stereocenters. The number of carbonyl (C=O) groups is 3. The molecule has 43 heavy (non-hydrogen) atoms. The van der Waals surface area contributed by atoms with Crippen LogP contribution >= 0.6 is 0 Å². The standard InChI is InChI=1S/C38H68O5/c1-3-5-13-20-32(21-14-6-4-2)28-29-42-37(40)26-17-11-7-9-15-24-35(39)25-16-10-8-12-18-27-38(41)43-36-31-33-22-19-23-34(36)30-33/h32-34,36H,3-31H2,1-2H3/t33-,34+,36?/m1/s1. The van der Waals surface area contributed by atoms with E-state index in [1.54, 1.807) is 0 Å². The van der Waals surface area contributed by atoms with E-state index in [1.807, 2.05) is 0 Å².